The highest BCUT2D eigenvalue weighted by atomic mass is 32.2. The fourth-order valence-electron chi connectivity index (χ4n) is 2.66. The summed E-state index contributed by atoms with van der Waals surface area (Å²) in [6.45, 7) is 5.05. The van der Waals surface area contributed by atoms with Gasteiger partial charge in [-0.2, -0.15) is 5.01 Å². The van der Waals surface area contributed by atoms with Crippen LogP contribution >= 0.6 is 0 Å². The first-order valence-corrected chi connectivity index (χ1v) is 10.8. The molecule has 0 aromatic heterocycles. The number of nitrogens with one attached hydrogen (secondary N) is 3. The van der Waals surface area contributed by atoms with Gasteiger partial charge in [0.25, 0.3) is 11.8 Å². The lowest BCUT2D eigenvalue weighted by molar-refractivity contribution is -0.138. The molecule has 1 aromatic rings. The molecule has 0 saturated carbocycles. The molecule has 12 heteroatoms. The first kappa shape index (κ1) is 23.4. The van der Waals surface area contributed by atoms with Crippen LogP contribution in [0.1, 0.15) is 27.2 Å². The van der Waals surface area contributed by atoms with E-state index in [9.17, 15) is 22.8 Å². The smallest absolute Gasteiger partial charge is 0.344 e. The van der Waals surface area contributed by atoms with E-state index < -0.39 is 33.4 Å². The van der Waals surface area contributed by atoms with Crippen molar-refractivity contribution in [3.05, 3.63) is 18.2 Å². The van der Waals surface area contributed by atoms with Gasteiger partial charge in [0.2, 0.25) is 10.0 Å². The van der Waals surface area contributed by atoms with Crippen molar-refractivity contribution in [2.45, 2.75) is 37.6 Å². The molecular weight excluding hydrogens is 414 g/mol. The summed E-state index contributed by atoms with van der Waals surface area (Å²) in [7, 11) is -0.971. The largest absolute Gasteiger partial charge is 0.492 e. The Kier molecular flexibility index (Phi) is 6.93. The molecule has 4 amide bonds. The van der Waals surface area contributed by atoms with E-state index >= 15 is 0 Å². The van der Waals surface area contributed by atoms with Gasteiger partial charge in [0.05, 0.1) is 13.2 Å². The van der Waals surface area contributed by atoms with Crippen LogP contribution in [0.2, 0.25) is 0 Å². The van der Waals surface area contributed by atoms with Crippen LogP contribution in [0, 0.1) is 0 Å². The van der Waals surface area contributed by atoms with Gasteiger partial charge in [0.1, 0.15) is 16.2 Å². The maximum absolute atomic E-state index is 12.6. The van der Waals surface area contributed by atoms with Gasteiger partial charge < -0.3 is 15.4 Å². The highest BCUT2D eigenvalue weighted by molar-refractivity contribution is 7.89. The van der Waals surface area contributed by atoms with Crippen molar-refractivity contribution in [1.82, 2.24) is 20.1 Å². The van der Waals surface area contributed by atoms with E-state index in [0.29, 0.717) is 17.1 Å². The van der Waals surface area contributed by atoms with Crippen molar-refractivity contribution in [3.8, 4) is 5.75 Å². The van der Waals surface area contributed by atoms with Crippen LogP contribution < -0.4 is 20.8 Å². The zero-order valence-corrected chi connectivity index (χ0v) is 18.4. The average molecular weight is 442 g/mol. The van der Waals surface area contributed by atoms with Gasteiger partial charge in [-0.1, -0.05) is 6.92 Å². The van der Waals surface area contributed by atoms with Crippen LogP contribution in [0.25, 0.3) is 0 Å². The molecule has 1 aromatic carbocycles. The van der Waals surface area contributed by atoms with Crippen molar-refractivity contribution in [2.24, 2.45) is 0 Å². The number of sulfonamides is 1. The molecule has 1 fully saturated rings. The third-order valence-electron chi connectivity index (χ3n) is 4.66. The van der Waals surface area contributed by atoms with E-state index in [4.69, 9.17) is 4.74 Å². The van der Waals surface area contributed by atoms with Crippen LogP contribution in [-0.4, -0.2) is 68.4 Å². The van der Waals surface area contributed by atoms with Crippen LogP contribution in [0.15, 0.2) is 23.1 Å². The molecule has 0 aliphatic carbocycles. The predicted octanol–water partition coefficient (Wildman–Crippen LogP) is 0.499. The molecule has 1 unspecified atom stereocenters. The van der Waals surface area contributed by atoms with Gasteiger partial charge in [-0.15, -0.1) is 0 Å². The SMILES string of the molecule is CCOc1ccc(NCC(=O)NN2C(=O)NC(C)(CC)C2=O)cc1S(=O)(=O)N(C)C. The van der Waals surface area contributed by atoms with Crippen molar-refractivity contribution in [1.29, 1.82) is 0 Å². The van der Waals surface area contributed by atoms with Crippen molar-refractivity contribution in [3.63, 3.8) is 0 Å². The highest BCUT2D eigenvalue weighted by Crippen LogP contribution is 2.29. The maximum Gasteiger partial charge on any atom is 0.344 e. The Morgan fingerprint density at radius 3 is 2.47 bits per heavy atom. The summed E-state index contributed by atoms with van der Waals surface area (Å²) in [6, 6.07) is 3.70. The van der Waals surface area contributed by atoms with E-state index in [1.165, 1.54) is 26.2 Å². The number of urea groups is 1. The molecule has 1 aliphatic rings. The summed E-state index contributed by atoms with van der Waals surface area (Å²) in [6.07, 6.45) is 0.373. The average Bonchev–Trinajstić information content (AvgIpc) is 2.90. The lowest BCUT2D eigenvalue weighted by Crippen LogP contribution is -2.50. The van der Waals surface area contributed by atoms with Crippen LogP contribution in [0.5, 0.6) is 5.75 Å². The molecule has 1 heterocycles. The zero-order valence-electron chi connectivity index (χ0n) is 17.6. The Hall–Kier alpha value is -2.86. The topological polar surface area (TPSA) is 137 Å². The number of carbonyl (C=O) groups excluding carboxylic acids is 3. The van der Waals surface area contributed by atoms with E-state index in [1.807, 2.05) is 0 Å². The Balaban J connectivity index is 2.11. The standard InChI is InChI=1S/C18H27N5O6S/c1-6-18(3)16(25)23(17(26)20-18)21-15(24)11-19-12-8-9-13(29-7-2)14(10-12)30(27,28)22(4)5/h8-10,19H,6-7,11H2,1-5H3,(H,20,26)(H,21,24). The van der Waals surface area contributed by atoms with Crippen molar-refractivity contribution >= 4 is 33.6 Å². The third-order valence-corrected chi connectivity index (χ3v) is 6.50. The molecule has 1 saturated heterocycles. The molecule has 166 valence electrons. The molecule has 30 heavy (non-hydrogen) atoms. The number of carbonyl (C=O) groups is 3. The minimum absolute atomic E-state index is 0.0485. The molecule has 0 spiro atoms. The van der Waals surface area contributed by atoms with Gasteiger partial charge in [-0.3, -0.25) is 15.0 Å². The van der Waals surface area contributed by atoms with Crippen LogP contribution in [0.3, 0.4) is 0 Å². The van der Waals surface area contributed by atoms with Gasteiger partial charge in [-0.25, -0.2) is 17.5 Å². The Morgan fingerprint density at radius 1 is 1.27 bits per heavy atom. The van der Waals surface area contributed by atoms with Gasteiger partial charge >= 0.3 is 6.03 Å². The number of rotatable bonds is 9. The van der Waals surface area contributed by atoms with E-state index in [2.05, 4.69) is 16.1 Å². The summed E-state index contributed by atoms with van der Waals surface area (Å²) >= 11 is 0. The third kappa shape index (κ3) is 4.65. The second-order valence-electron chi connectivity index (χ2n) is 7.03. The molecule has 2 rings (SSSR count). The Morgan fingerprint density at radius 2 is 1.93 bits per heavy atom. The van der Waals surface area contributed by atoms with Crippen LogP contribution in [-0.2, 0) is 19.6 Å². The van der Waals surface area contributed by atoms with E-state index in [0.717, 1.165) is 4.31 Å². The monoisotopic (exact) mass is 441 g/mol. The number of hydrogen-bond acceptors (Lipinski definition) is 7. The second-order valence-corrected chi connectivity index (χ2v) is 9.15. The molecule has 0 radical (unpaired) electrons. The lowest BCUT2D eigenvalue weighted by atomic mass is 10.00. The fraction of sp³-hybridized carbons (Fsp3) is 0.500. The molecule has 11 nitrogen and oxygen atoms in total. The van der Waals surface area contributed by atoms with E-state index in [1.54, 1.807) is 26.8 Å². The number of amides is 4. The maximum atomic E-state index is 12.6. The Bertz CT molecular complexity index is 948. The summed E-state index contributed by atoms with van der Waals surface area (Å²) < 4.78 is 31.6. The number of hydrazine groups is 1. The van der Waals surface area contributed by atoms with Gasteiger partial charge in [0.15, 0.2) is 0 Å². The number of ether oxygens (including phenoxy) is 1. The highest BCUT2D eigenvalue weighted by Gasteiger charge is 2.47. The number of anilines is 1. The molecule has 3 N–H and O–H groups in total. The van der Waals surface area contributed by atoms with Gasteiger partial charge in [-0.05, 0) is 38.5 Å². The zero-order chi connectivity index (χ0) is 22.7. The molecule has 0 bridgehead atoms. The minimum Gasteiger partial charge on any atom is -0.492 e. The lowest BCUT2D eigenvalue weighted by Gasteiger charge is -2.19. The minimum atomic E-state index is -3.78. The molecule has 1 aliphatic heterocycles. The quantitative estimate of drug-likeness (QED) is 0.475. The fourth-order valence-corrected chi connectivity index (χ4v) is 3.71. The predicted molar refractivity (Wildman–Crippen MR) is 109 cm³/mol. The van der Waals surface area contributed by atoms with Crippen LogP contribution in [0.4, 0.5) is 10.5 Å². The normalized spacial score (nSPS) is 19.1. The summed E-state index contributed by atoms with van der Waals surface area (Å²) in [5.41, 5.74) is 1.54. The molecular formula is C18H27N5O6S. The summed E-state index contributed by atoms with van der Waals surface area (Å²) in [5, 5.41) is 5.96. The summed E-state index contributed by atoms with van der Waals surface area (Å²) in [5.74, 6) is -1.01. The number of nitrogens with zero attached hydrogens (tertiary/aromatic N) is 2. The first-order chi connectivity index (χ1) is 14.0. The van der Waals surface area contributed by atoms with Gasteiger partial charge in [0, 0.05) is 19.8 Å². The van der Waals surface area contributed by atoms with Crippen molar-refractivity contribution in [2.75, 3.05) is 32.6 Å². The number of benzene rings is 1. The number of hydrogen-bond donors (Lipinski definition) is 3. The summed E-state index contributed by atoms with van der Waals surface area (Å²) in [4.78, 5) is 36.5. The first-order valence-electron chi connectivity index (χ1n) is 9.35. The Labute approximate surface area is 175 Å². The molecule has 1 atom stereocenters. The second kappa shape index (κ2) is 8.88. The number of imide groups is 1. The van der Waals surface area contributed by atoms with E-state index in [-0.39, 0.29) is 23.8 Å². The van der Waals surface area contributed by atoms with Crippen molar-refractivity contribution < 1.29 is 27.5 Å².